The molecule has 1 heterocycles. The van der Waals surface area contributed by atoms with Gasteiger partial charge in [-0.25, -0.2) is 4.79 Å². The van der Waals surface area contributed by atoms with Crippen molar-refractivity contribution < 1.29 is 9.90 Å². The van der Waals surface area contributed by atoms with Crippen molar-refractivity contribution in [3.8, 4) is 11.3 Å². The second kappa shape index (κ2) is 6.08. The SMILES string of the molecule is O=C(O)c1cccnc1-c1ccccc1C1CCCCC1. The van der Waals surface area contributed by atoms with Gasteiger partial charge in [-0.05, 0) is 36.5 Å². The van der Waals surface area contributed by atoms with Crippen LogP contribution in [0.1, 0.15) is 53.9 Å². The molecule has 0 aliphatic heterocycles. The van der Waals surface area contributed by atoms with Crippen LogP contribution in [0.5, 0.6) is 0 Å². The largest absolute Gasteiger partial charge is 0.478 e. The predicted molar refractivity (Wildman–Crippen MR) is 82.5 cm³/mol. The zero-order chi connectivity index (χ0) is 14.7. The Morgan fingerprint density at radius 3 is 2.57 bits per heavy atom. The van der Waals surface area contributed by atoms with E-state index in [1.807, 2.05) is 18.2 Å². The maximum atomic E-state index is 11.4. The summed E-state index contributed by atoms with van der Waals surface area (Å²) in [5.41, 5.74) is 3.09. The lowest BCUT2D eigenvalue weighted by Gasteiger charge is -2.24. The minimum Gasteiger partial charge on any atom is -0.478 e. The van der Waals surface area contributed by atoms with Crippen LogP contribution in [0.3, 0.4) is 0 Å². The summed E-state index contributed by atoms with van der Waals surface area (Å²) in [6.45, 7) is 0. The highest BCUT2D eigenvalue weighted by atomic mass is 16.4. The van der Waals surface area contributed by atoms with Crippen molar-refractivity contribution in [2.24, 2.45) is 0 Å². The van der Waals surface area contributed by atoms with Crippen LogP contribution < -0.4 is 0 Å². The van der Waals surface area contributed by atoms with Crippen LogP contribution in [0.25, 0.3) is 11.3 Å². The molecule has 3 nitrogen and oxygen atoms in total. The third kappa shape index (κ3) is 2.82. The van der Waals surface area contributed by atoms with Gasteiger partial charge < -0.3 is 5.11 Å². The van der Waals surface area contributed by atoms with E-state index in [-0.39, 0.29) is 5.56 Å². The van der Waals surface area contributed by atoms with Crippen molar-refractivity contribution in [3.63, 3.8) is 0 Å². The molecule has 0 atom stereocenters. The van der Waals surface area contributed by atoms with Gasteiger partial charge in [0.1, 0.15) is 0 Å². The topological polar surface area (TPSA) is 50.2 Å². The number of pyridine rings is 1. The molecule has 1 aromatic carbocycles. The first kappa shape index (κ1) is 13.8. The molecule has 0 radical (unpaired) electrons. The second-order valence-electron chi connectivity index (χ2n) is 5.63. The van der Waals surface area contributed by atoms with Crippen LogP contribution in [0, 0.1) is 0 Å². The van der Waals surface area contributed by atoms with Gasteiger partial charge in [-0.1, -0.05) is 43.5 Å². The number of carbonyl (C=O) groups is 1. The molecule has 21 heavy (non-hydrogen) atoms. The van der Waals surface area contributed by atoms with E-state index in [0.717, 1.165) is 5.56 Å². The molecular formula is C18H19NO2. The molecule has 3 rings (SSSR count). The predicted octanol–water partition coefficient (Wildman–Crippen LogP) is 4.49. The molecule has 1 N–H and O–H groups in total. The van der Waals surface area contributed by atoms with Gasteiger partial charge in [-0.3, -0.25) is 4.98 Å². The summed E-state index contributed by atoms with van der Waals surface area (Å²) in [6, 6.07) is 11.4. The number of benzene rings is 1. The lowest BCUT2D eigenvalue weighted by atomic mass is 9.81. The molecule has 1 fully saturated rings. The van der Waals surface area contributed by atoms with Crippen molar-refractivity contribution in [1.82, 2.24) is 4.98 Å². The summed E-state index contributed by atoms with van der Waals surface area (Å²) in [5, 5.41) is 9.39. The van der Waals surface area contributed by atoms with Crippen LogP contribution in [-0.4, -0.2) is 16.1 Å². The third-order valence-electron chi connectivity index (χ3n) is 4.30. The number of carboxylic acids is 1. The van der Waals surface area contributed by atoms with Crippen molar-refractivity contribution >= 4 is 5.97 Å². The van der Waals surface area contributed by atoms with Crippen molar-refractivity contribution in [2.75, 3.05) is 0 Å². The van der Waals surface area contributed by atoms with Crippen molar-refractivity contribution in [1.29, 1.82) is 0 Å². The first-order valence-corrected chi connectivity index (χ1v) is 7.55. The van der Waals surface area contributed by atoms with Crippen LogP contribution in [-0.2, 0) is 0 Å². The molecule has 108 valence electrons. The summed E-state index contributed by atoms with van der Waals surface area (Å²) in [7, 11) is 0. The molecule has 0 bridgehead atoms. The number of nitrogens with zero attached hydrogens (tertiary/aromatic N) is 1. The molecular weight excluding hydrogens is 262 g/mol. The van der Waals surface area contributed by atoms with Gasteiger partial charge >= 0.3 is 5.97 Å². The van der Waals surface area contributed by atoms with E-state index in [1.165, 1.54) is 37.7 Å². The van der Waals surface area contributed by atoms with Gasteiger partial charge in [-0.15, -0.1) is 0 Å². The van der Waals surface area contributed by atoms with Gasteiger partial charge in [0.15, 0.2) is 0 Å². The zero-order valence-electron chi connectivity index (χ0n) is 12.0. The first-order valence-electron chi connectivity index (χ1n) is 7.55. The van der Waals surface area contributed by atoms with Crippen LogP contribution in [0.2, 0.25) is 0 Å². The summed E-state index contributed by atoms with van der Waals surface area (Å²) in [6.07, 6.45) is 7.86. The van der Waals surface area contributed by atoms with E-state index in [0.29, 0.717) is 11.6 Å². The Balaban J connectivity index is 2.09. The fourth-order valence-corrected chi connectivity index (χ4v) is 3.27. The Labute approximate surface area is 124 Å². The lowest BCUT2D eigenvalue weighted by molar-refractivity contribution is 0.0697. The highest BCUT2D eigenvalue weighted by Gasteiger charge is 2.21. The van der Waals surface area contributed by atoms with Crippen molar-refractivity contribution in [3.05, 3.63) is 53.7 Å². The summed E-state index contributed by atoms with van der Waals surface area (Å²) >= 11 is 0. The molecule has 1 aliphatic rings. The van der Waals surface area contributed by atoms with E-state index >= 15 is 0 Å². The van der Waals surface area contributed by atoms with Crippen LogP contribution in [0.4, 0.5) is 0 Å². The average Bonchev–Trinajstić information content (AvgIpc) is 2.55. The Kier molecular flexibility index (Phi) is 4.00. The normalized spacial score (nSPS) is 15.8. The Bertz CT molecular complexity index is 645. The monoisotopic (exact) mass is 281 g/mol. The Morgan fingerprint density at radius 2 is 1.81 bits per heavy atom. The minimum absolute atomic E-state index is 0.278. The summed E-state index contributed by atoms with van der Waals surface area (Å²) in [4.78, 5) is 15.8. The Hall–Kier alpha value is -2.16. The highest BCUT2D eigenvalue weighted by Crippen LogP contribution is 2.38. The molecule has 0 saturated heterocycles. The number of rotatable bonds is 3. The lowest BCUT2D eigenvalue weighted by Crippen LogP contribution is -2.08. The van der Waals surface area contributed by atoms with Crippen molar-refractivity contribution in [2.45, 2.75) is 38.0 Å². The summed E-state index contributed by atoms with van der Waals surface area (Å²) < 4.78 is 0. The molecule has 0 amide bonds. The zero-order valence-corrected chi connectivity index (χ0v) is 12.0. The molecule has 0 spiro atoms. The minimum atomic E-state index is -0.920. The molecule has 1 aromatic heterocycles. The Morgan fingerprint density at radius 1 is 1.05 bits per heavy atom. The van der Waals surface area contributed by atoms with E-state index in [1.54, 1.807) is 18.3 Å². The van der Waals surface area contributed by atoms with Gasteiger partial charge in [-0.2, -0.15) is 0 Å². The molecule has 3 heteroatoms. The smallest absolute Gasteiger partial charge is 0.337 e. The van der Waals surface area contributed by atoms with E-state index in [2.05, 4.69) is 11.1 Å². The number of aromatic nitrogens is 1. The fourth-order valence-electron chi connectivity index (χ4n) is 3.27. The highest BCUT2D eigenvalue weighted by molar-refractivity contribution is 5.95. The fraction of sp³-hybridized carbons (Fsp3) is 0.333. The number of hydrogen-bond donors (Lipinski definition) is 1. The maximum absolute atomic E-state index is 11.4. The molecule has 1 aliphatic carbocycles. The average molecular weight is 281 g/mol. The quantitative estimate of drug-likeness (QED) is 0.901. The number of carboxylic acid groups (broad SMARTS) is 1. The van der Waals surface area contributed by atoms with Crippen LogP contribution >= 0.6 is 0 Å². The molecule has 1 saturated carbocycles. The standard InChI is InChI=1S/C18H19NO2/c20-18(21)16-11-6-12-19-17(16)15-10-5-4-9-14(15)13-7-2-1-3-8-13/h4-6,9-13H,1-3,7-8H2,(H,20,21). The third-order valence-corrected chi connectivity index (χ3v) is 4.30. The van der Waals surface area contributed by atoms with Crippen LogP contribution in [0.15, 0.2) is 42.6 Å². The van der Waals surface area contributed by atoms with Gasteiger partial charge in [0.25, 0.3) is 0 Å². The van der Waals surface area contributed by atoms with Gasteiger partial charge in [0.05, 0.1) is 11.3 Å². The molecule has 0 unspecified atom stereocenters. The van der Waals surface area contributed by atoms with Gasteiger partial charge in [0.2, 0.25) is 0 Å². The number of aromatic carboxylic acids is 1. The van der Waals surface area contributed by atoms with E-state index < -0.39 is 5.97 Å². The van der Waals surface area contributed by atoms with Gasteiger partial charge in [0, 0.05) is 11.8 Å². The van der Waals surface area contributed by atoms with E-state index in [4.69, 9.17) is 0 Å². The molecule has 2 aromatic rings. The second-order valence-corrected chi connectivity index (χ2v) is 5.63. The first-order chi connectivity index (χ1) is 10.3. The van der Waals surface area contributed by atoms with E-state index in [9.17, 15) is 9.90 Å². The number of hydrogen-bond acceptors (Lipinski definition) is 2. The maximum Gasteiger partial charge on any atom is 0.337 e. The summed E-state index contributed by atoms with van der Waals surface area (Å²) in [5.74, 6) is -0.393.